The molecule has 0 amide bonds. The number of nitrogens with one attached hydrogen (secondary N) is 1. The van der Waals surface area contributed by atoms with Crippen LogP contribution in [0.1, 0.15) is 18.5 Å². The van der Waals surface area contributed by atoms with Gasteiger partial charge in [-0.2, -0.15) is 0 Å². The highest BCUT2D eigenvalue weighted by atomic mass is 19.4. The number of ether oxygens (including phenoxy) is 1. The van der Waals surface area contributed by atoms with Crippen LogP contribution in [0, 0.1) is 0 Å². The highest BCUT2D eigenvalue weighted by Crippen LogP contribution is 2.26. The third-order valence-electron chi connectivity index (χ3n) is 3.30. The van der Waals surface area contributed by atoms with Gasteiger partial charge in [0.05, 0.1) is 0 Å². The Labute approximate surface area is 110 Å². The van der Waals surface area contributed by atoms with Gasteiger partial charge in [-0.15, -0.1) is 13.2 Å². The van der Waals surface area contributed by atoms with E-state index in [9.17, 15) is 13.2 Å². The molecule has 1 aliphatic rings. The minimum atomic E-state index is -4.63. The van der Waals surface area contributed by atoms with Crippen LogP contribution in [-0.2, 0) is 0 Å². The molecule has 0 radical (unpaired) electrons. The van der Waals surface area contributed by atoms with Gasteiger partial charge in [0.2, 0.25) is 0 Å². The molecule has 6 heteroatoms. The quantitative estimate of drug-likeness (QED) is 0.916. The van der Waals surface area contributed by atoms with Crippen molar-refractivity contribution in [2.24, 2.45) is 0 Å². The van der Waals surface area contributed by atoms with Gasteiger partial charge in [0.1, 0.15) is 5.75 Å². The van der Waals surface area contributed by atoms with Crippen molar-refractivity contribution in [3.05, 3.63) is 29.8 Å². The van der Waals surface area contributed by atoms with E-state index in [2.05, 4.69) is 21.9 Å². The molecule has 0 aliphatic carbocycles. The molecule has 1 heterocycles. The molecule has 1 atom stereocenters. The fraction of sp³-hybridized carbons (Fsp3) is 0.538. The van der Waals surface area contributed by atoms with Crippen molar-refractivity contribution in [2.45, 2.75) is 19.3 Å². The van der Waals surface area contributed by atoms with Crippen LogP contribution in [-0.4, -0.2) is 37.4 Å². The summed E-state index contributed by atoms with van der Waals surface area (Å²) in [5, 5.41) is 3.27. The van der Waals surface area contributed by atoms with E-state index < -0.39 is 6.36 Å². The van der Waals surface area contributed by atoms with Crippen molar-refractivity contribution >= 4 is 0 Å². The fourth-order valence-electron chi connectivity index (χ4n) is 2.23. The summed E-state index contributed by atoms with van der Waals surface area (Å²) in [4.78, 5) is 2.30. The van der Waals surface area contributed by atoms with Crippen LogP contribution in [0.15, 0.2) is 24.3 Å². The molecule has 1 aromatic rings. The fourth-order valence-corrected chi connectivity index (χ4v) is 2.23. The number of benzene rings is 1. The van der Waals surface area contributed by atoms with Crippen LogP contribution in [0.25, 0.3) is 0 Å². The summed E-state index contributed by atoms with van der Waals surface area (Å²) in [6.45, 7) is 5.84. The number of nitrogens with zero attached hydrogens (tertiary/aromatic N) is 1. The number of hydrogen-bond donors (Lipinski definition) is 1. The molecule has 0 unspecified atom stereocenters. The van der Waals surface area contributed by atoms with Crippen LogP contribution >= 0.6 is 0 Å². The Morgan fingerprint density at radius 3 is 2.26 bits per heavy atom. The molecule has 2 rings (SSSR count). The third kappa shape index (κ3) is 4.11. The van der Waals surface area contributed by atoms with Crippen LogP contribution < -0.4 is 10.1 Å². The van der Waals surface area contributed by atoms with Gasteiger partial charge in [-0.25, -0.2) is 0 Å². The molecule has 1 saturated heterocycles. The number of piperazine rings is 1. The average molecular weight is 274 g/mol. The topological polar surface area (TPSA) is 24.5 Å². The molecule has 3 nitrogen and oxygen atoms in total. The zero-order valence-electron chi connectivity index (χ0n) is 10.7. The van der Waals surface area contributed by atoms with Gasteiger partial charge in [-0.3, -0.25) is 4.90 Å². The van der Waals surface area contributed by atoms with Gasteiger partial charge in [0, 0.05) is 32.2 Å². The van der Waals surface area contributed by atoms with Gasteiger partial charge in [-0.05, 0) is 24.6 Å². The lowest BCUT2D eigenvalue weighted by Gasteiger charge is -2.33. The molecule has 0 bridgehead atoms. The number of rotatable bonds is 3. The second-order valence-electron chi connectivity index (χ2n) is 4.58. The minimum absolute atomic E-state index is 0.177. The first-order valence-electron chi connectivity index (χ1n) is 6.26. The summed E-state index contributed by atoms with van der Waals surface area (Å²) in [6.07, 6.45) is -4.63. The number of alkyl halides is 3. The summed E-state index contributed by atoms with van der Waals surface area (Å²) in [5.41, 5.74) is 0.997. The second-order valence-corrected chi connectivity index (χ2v) is 4.58. The molecule has 19 heavy (non-hydrogen) atoms. The molecule has 1 aromatic carbocycles. The van der Waals surface area contributed by atoms with Crippen molar-refractivity contribution in [3.8, 4) is 5.75 Å². The largest absolute Gasteiger partial charge is 0.573 e. The first-order chi connectivity index (χ1) is 8.96. The summed E-state index contributed by atoms with van der Waals surface area (Å²) >= 11 is 0. The lowest BCUT2D eigenvalue weighted by atomic mass is 10.1. The summed E-state index contributed by atoms with van der Waals surface area (Å²) in [7, 11) is 0. The van der Waals surface area contributed by atoms with Crippen molar-refractivity contribution in [1.29, 1.82) is 0 Å². The SMILES string of the molecule is C[C@@H](c1ccc(OC(F)(F)F)cc1)N1CCNCC1. The first kappa shape index (κ1) is 14.1. The van der Waals surface area contributed by atoms with E-state index in [1.807, 2.05) is 0 Å². The normalized spacial score (nSPS) is 19.2. The molecule has 1 fully saturated rings. The zero-order chi connectivity index (χ0) is 13.9. The Morgan fingerprint density at radius 2 is 1.74 bits per heavy atom. The van der Waals surface area contributed by atoms with Gasteiger partial charge in [-0.1, -0.05) is 12.1 Å². The van der Waals surface area contributed by atoms with Crippen molar-refractivity contribution < 1.29 is 17.9 Å². The van der Waals surface area contributed by atoms with E-state index in [0.29, 0.717) is 0 Å². The standard InChI is InChI=1S/C13H17F3N2O/c1-10(18-8-6-17-7-9-18)11-2-4-12(5-3-11)19-13(14,15)16/h2-5,10,17H,6-9H2,1H3/t10-/m0/s1. The number of halogens is 3. The maximum absolute atomic E-state index is 12.1. The van der Waals surface area contributed by atoms with Crippen molar-refractivity contribution in [3.63, 3.8) is 0 Å². The van der Waals surface area contributed by atoms with E-state index in [1.165, 1.54) is 12.1 Å². The lowest BCUT2D eigenvalue weighted by molar-refractivity contribution is -0.274. The third-order valence-corrected chi connectivity index (χ3v) is 3.30. The van der Waals surface area contributed by atoms with Crippen LogP contribution in [0.4, 0.5) is 13.2 Å². The Kier molecular flexibility index (Phi) is 4.31. The van der Waals surface area contributed by atoms with E-state index in [4.69, 9.17) is 0 Å². The molecular formula is C13H17F3N2O. The summed E-state index contributed by atoms with van der Waals surface area (Å²) in [5.74, 6) is -0.177. The van der Waals surface area contributed by atoms with E-state index >= 15 is 0 Å². The molecule has 1 N–H and O–H groups in total. The Hall–Kier alpha value is -1.27. The molecule has 0 spiro atoms. The predicted octanol–water partition coefficient (Wildman–Crippen LogP) is 2.55. The highest BCUT2D eigenvalue weighted by molar-refractivity contribution is 5.29. The van der Waals surface area contributed by atoms with Gasteiger partial charge in [0.25, 0.3) is 0 Å². The highest BCUT2D eigenvalue weighted by Gasteiger charge is 2.31. The van der Waals surface area contributed by atoms with Gasteiger partial charge < -0.3 is 10.1 Å². The molecular weight excluding hydrogens is 257 g/mol. The molecule has 106 valence electrons. The Morgan fingerprint density at radius 1 is 1.16 bits per heavy atom. The second kappa shape index (κ2) is 5.79. The molecule has 0 saturated carbocycles. The first-order valence-corrected chi connectivity index (χ1v) is 6.26. The van der Waals surface area contributed by atoms with E-state index in [0.717, 1.165) is 31.7 Å². The number of hydrogen-bond acceptors (Lipinski definition) is 3. The summed E-state index contributed by atoms with van der Waals surface area (Å²) in [6, 6.07) is 6.30. The van der Waals surface area contributed by atoms with Gasteiger partial charge >= 0.3 is 6.36 Å². The Bertz CT molecular complexity index is 399. The maximum atomic E-state index is 12.1. The van der Waals surface area contributed by atoms with Crippen molar-refractivity contribution in [2.75, 3.05) is 26.2 Å². The van der Waals surface area contributed by atoms with Crippen molar-refractivity contribution in [1.82, 2.24) is 10.2 Å². The Balaban J connectivity index is 2.01. The van der Waals surface area contributed by atoms with E-state index in [-0.39, 0.29) is 11.8 Å². The predicted molar refractivity (Wildman–Crippen MR) is 66.0 cm³/mol. The van der Waals surface area contributed by atoms with Crippen LogP contribution in [0.5, 0.6) is 5.75 Å². The van der Waals surface area contributed by atoms with Gasteiger partial charge in [0.15, 0.2) is 0 Å². The smallest absolute Gasteiger partial charge is 0.406 e. The minimum Gasteiger partial charge on any atom is -0.406 e. The molecule has 0 aromatic heterocycles. The lowest BCUT2D eigenvalue weighted by Crippen LogP contribution is -2.44. The average Bonchev–Trinajstić information content (AvgIpc) is 2.38. The van der Waals surface area contributed by atoms with Crippen LogP contribution in [0.2, 0.25) is 0 Å². The van der Waals surface area contributed by atoms with E-state index in [1.54, 1.807) is 12.1 Å². The maximum Gasteiger partial charge on any atom is 0.573 e. The monoisotopic (exact) mass is 274 g/mol. The molecule has 1 aliphatic heterocycles. The summed E-state index contributed by atoms with van der Waals surface area (Å²) < 4.78 is 40.0. The van der Waals surface area contributed by atoms with Crippen LogP contribution in [0.3, 0.4) is 0 Å². The zero-order valence-corrected chi connectivity index (χ0v) is 10.7.